The van der Waals surface area contributed by atoms with E-state index in [0.717, 1.165) is 23.9 Å². The smallest absolute Gasteiger partial charge is 0.285 e. The predicted octanol–water partition coefficient (Wildman–Crippen LogP) is 2.34. The number of nitro groups is 1. The van der Waals surface area contributed by atoms with Crippen molar-refractivity contribution in [3.8, 4) is 0 Å². The molecule has 0 saturated carbocycles. The maximum absolute atomic E-state index is 12.0. The summed E-state index contributed by atoms with van der Waals surface area (Å²) in [4.78, 5) is 33.7. The van der Waals surface area contributed by atoms with Gasteiger partial charge in [-0.25, -0.2) is 0 Å². The fraction of sp³-hybridized carbons (Fsp3) is 0.200. The van der Waals surface area contributed by atoms with Crippen LogP contribution in [0.3, 0.4) is 0 Å². The lowest BCUT2D eigenvalue weighted by atomic mass is 10.1. The monoisotopic (exact) mass is 286 g/mol. The highest BCUT2D eigenvalue weighted by molar-refractivity contribution is 5.96. The third kappa shape index (κ3) is 3.62. The molecule has 0 spiro atoms. The van der Waals surface area contributed by atoms with E-state index in [4.69, 9.17) is 0 Å². The fourth-order valence-electron chi connectivity index (χ4n) is 1.91. The van der Waals surface area contributed by atoms with E-state index in [2.05, 4.69) is 0 Å². The first-order valence-electron chi connectivity index (χ1n) is 6.42. The van der Waals surface area contributed by atoms with Crippen LogP contribution in [0.25, 0.3) is 0 Å². The molecule has 0 fully saturated rings. The van der Waals surface area contributed by atoms with Crippen LogP contribution in [-0.4, -0.2) is 15.3 Å². The Morgan fingerprint density at radius 2 is 1.86 bits per heavy atom. The number of rotatable bonds is 5. The lowest BCUT2D eigenvalue weighted by molar-refractivity contribution is -0.385. The maximum Gasteiger partial charge on any atom is 0.285 e. The van der Waals surface area contributed by atoms with Crippen LogP contribution in [0.5, 0.6) is 0 Å². The molecular weight excluding hydrogens is 272 g/mol. The van der Waals surface area contributed by atoms with E-state index in [9.17, 15) is 19.7 Å². The Morgan fingerprint density at radius 1 is 1.19 bits per heavy atom. The molecule has 2 aromatic rings. The van der Waals surface area contributed by atoms with Gasteiger partial charge in [0, 0.05) is 30.7 Å². The maximum atomic E-state index is 12.0. The molecule has 0 aliphatic rings. The highest BCUT2D eigenvalue weighted by atomic mass is 16.6. The third-order valence-electron chi connectivity index (χ3n) is 3.13. The van der Waals surface area contributed by atoms with Crippen LogP contribution < -0.4 is 5.56 Å². The highest BCUT2D eigenvalue weighted by Gasteiger charge is 2.10. The van der Waals surface area contributed by atoms with Crippen LogP contribution in [0.2, 0.25) is 0 Å². The summed E-state index contributed by atoms with van der Waals surface area (Å²) in [6.07, 6.45) is 1.27. The van der Waals surface area contributed by atoms with Crippen molar-refractivity contribution in [2.75, 3.05) is 0 Å². The lowest BCUT2D eigenvalue weighted by Gasteiger charge is -2.05. The Morgan fingerprint density at radius 3 is 2.48 bits per heavy atom. The van der Waals surface area contributed by atoms with E-state index in [1.54, 1.807) is 12.1 Å². The van der Waals surface area contributed by atoms with Crippen LogP contribution in [0, 0.1) is 17.0 Å². The van der Waals surface area contributed by atoms with Gasteiger partial charge in [0.25, 0.3) is 11.2 Å². The van der Waals surface area contributed by atoms with Gasteiger partial charge in [-0.05, 0) is 6.92 Å². The summed E-state index contributed by atoms with van der Waals surface area (Å²) in [5.74, 6) is -0.103. The molecule has 6 nitrogen and oxygen atoms in total. The van der Waals surface area contributed by atoms with E-state index in [0.29, 0.717) is 5.56 Å². The SMILES string of the molecule is Cc1ccc(C(=O)CCn2cc([N+](=O)[O-])ccc2=O)cc1. The molecule has 21 heavy (non-hydrogen) atoms. The summed E-state index contributed by atoms with van der Waals surface area (Å²) in [5, 5.41) is 10.7. The molecule has 0 amide bonds. The minimum Gasteiger partial charge on any atom is -0.308 e. The van der Waals surface area contributed by atoms with Gasteiger partial charge in [0.1, 0.15) is 0 Å². The zero-order valence-corrected chi connectivity index (χ0v) is 11.5. The number of carbonyl (C=O) groups excluding carboxylic acids is 1. The van der Waals surface area contributed by atoms with E-state index >= 15 is 0 Å². The van der Waals surface area contributed by atoms with Crippen molar-refractivity contribution in [3.05, 3.63) is 74.2 Å². The number of aromatic nitrogens is 1. The largest absolute Gasteiger partial charge is 0.308 e. The van der Waals surface area contributed by atoms with E-state index in [-0.39, 0.29) is 30.0 Å². The number of ketones is 1. The number of benzene rings is 1. The lowest BCUT2D eigenvalue weighted by Crippen LogP contribution is -2.20. The molecule has 2 rings (SSSR count). The second kappa shape index (κ2) is 6.13. The van der Waals surface area contributed by atoms with Crippen molar-refractivity contribution in [2.24, 2.45) is 0 Å². The molecule has 1 aromatic heterocycles. The van der Waals surface area contributed by atoms with Crippen molar-refractivity contribution >= 4 is 11.5 Å². The molecule has 1 heterocycles. The van der Waals surface area contributed by atoms with E-state index in [1.807, 2.05) is 19.1 Å². The summed E-state index contributed by atoms with van der Waals surface area (Å²) in [5.41, 5.74) is 1.09. The fourth-order valence-corrected chi connectivity index (χ4v) is 1.91. The van der Waals surface area contributed by atoms with Gasteiger partial charge in [0.05, 0.1) is 11.1 Å². The summed E-state index contributed by atoms with van der Waals surface area (Å²) in [6, 6.07) is 9.43. The minimum atomic E-state index is -0.572. The second-order valence-electron chi connectivity index (χ2n) is 4.72. The normalized spacial score (nSPS) is 10.3. The first-order valence-corrected chi connectivity index (χ1v) is 6.42. The first kappa shape index (κ1) is 14.6. The summed E-state index contributed by atoms with van der Waals surface area (Å²) < 4.78 is 1.18. The van der Waals surface area contributed by atoms with Crippen molar-refractivity contribution < 1.29 is 9.72 Å². The topological polar surface area (TPSA) is 82.2 Å². The van der Waals surface area contributed by atoms with Crippen molar-refractivity contribution in [1.82, 2.24) is 4.57 Å². The molecule has 0 N–H and O–H groups in total. The van der Waals surface area contributed by atoms with E-state index in [1.165, 1.54) is 4.57 Å². The van der Waals surface area contributed by atoms with Crippen LogP contribution in [0.4, 0.5) is 5.69 Å². The molecule has 1 aromatic carbocycles. The number of hydrogen-bond donors (Lipinski definition) is 0. The van der Waals surface area contributed by atoms with Crippen LogP contribution in [0.1, 0.15) is 22.3 Å². The third-order valence-corrected chi connectivity index (χ3v) is 3.13. The van der Waals surface area contributed by atoms with Crippen molar-refractivity contribution in [2.45, 2.75) is 19.9 Å². The standard InChI is InChI=1S/C15H14N2O4/c1-11-2-4-12(5-3-11)14(18)8-9-16-10-13(17(20)21)6-7-15(16)19/h2-7,10H,8-9H2,1H3. The number of carbonyl (C=O) groups is 1. The molecule has 0 aliphatic heterocycles. The zero-order chi connectivity index (χ0) is 15.4. The van der Waals surface area contributed by atoms with Crippen molar-refractivity contribution in [3.63, 3.8) is 0 Å². The minimum absolute atomic E-state index is 0.103. The molecule has 0 atom stereocenters. The molecular formula is C15H14N2O4. The summed E-state index contributed by atoms with van der Waals surface area (Å²) in [7, 11) is 0. The van der Waals surface area contributed by atoms with Gasteiger partial charge in [-0.1, -0.05) is 29.8 Å². The number of pyridine rings is 1. The molecule has 108 valence electrons. The van der Waals surface area contributed by atoms with Crippen LogP contribution in [-0.2, 0) is 6.54 Å². The molecule has 0 saturated heterocycles. The average Bonchev–Trinajstić information content (AvgIpc) is 2.46. The van der Waals surface area contributed by atoms with Crippen LogP contribution >= 0.6 is 0 Å². The number of nitrogens with zero attached hydrogens (tertiary/aromatic N) is 2. The summed E-state index contributed by atoms with van der Waals surface area (Å²) >= 11 is 0. The molecule has 0 unspecified atom stereocenters. The average molecular weight is 286 g/mol. The van der Waals surface area contributed by atoms with Gasteiger partial charge in [-0.2, -0.15) is 0 Å². The molecule has 6 heteroatoms. The van der Waals surface area contributed by atoms with Gasteiger partial charge >= 0.3 is 0 Å². The van der Waals surface area contributed by atoms with Gasteiger partial charge < -0.3 is 4.57 Å². The number of Topliss-reactive ketones (excluding diaryl/α,β-unsaturated/α-hetero) is 1. The molecule has 0 bridgehead atoms. The first-order chi connectivity index (χ1) is 9.97. The Kier molecular flexibility index (Phi) is 4.27. The Hall–Kier alpha value is -2.76. The second-order valence-corrected chi connectivity index (χ2v) is 4.72. The van der Waals surface area contributed by atoms with Gasteiger partial charge in [-0.15, -0.1) is 0 Å². The predicted molar refractivity (Wildman–Crippen MR) is 77.5 cm³/mol. The number of hydrogen-bond acceptors (Lipinski definition) is 4. The Bertz CT molecular complexity index is 732. The van der Waals surface area contributed by atoms with Gasteiger partial charge in [-0.3, -0.25) is 19.7 Å². The molecule has 0 radical (unpaired) electrons. The van der Waals surface area contributed by atoms with E-state index < -0.39 is 4.92 Å². The number of aryl methyl sites for hydroxylation is 2. The van der Waals surface area contributed by atoms with Crippen molar-refractivity contribution in [1.29, 1.82) is 0 Å². The van der Waals surface area contributed by atoms with Gasteiger partial charge in [0.2, 0.25) is 0 Å². The van der Waals surface area contributed by atoms with Crippen LogP contribution in [0.15, 0.2) is 47.4 Å². The summed E-state index contributed by atoms with van der Waals surface area (Å²) in [6.45, 7) is 2.05. The highest BCUT2D eigenvalue weighted by Crippen LogP contribution is 2.09. The Labute approximate surface area is 120 Å². The Balaban J connectivity index is 2.11. The van der Waals surface area contributed by atoms with Gasteiger partial charge in [0.15, 0.2) is 5.78 Å². The molecule has 0 aliphatic carbocycles. The quantitative estimate of drug-likeness (QED) is 0.480. The zero-order valence-electron chi connectivity index (χ0n) is 11.5.